The lowest BCUT2D eigenvalue weighted by Crippen LogP contribution is -2.16. The summed E-state index contributed by atoms with van der Waals surface area (Å²) >= 11 is 1.48. The van der Waals surface area contributed by atoms with Crippen LogP contribution in [0.5, 0.6) is 5.75 Å². The summed E-state index contributed by atoms with van der Waals surface area (Å²) in [5, 5.41) is 0.904. The fraction of sp³-hybridized carbons (Fsp3) is 0.375. The van der Waals surface area contributed by atoms with Crippen LogP contribution < -0.4 is 9.64 Å². The Labute approximate surface area is 128 Å². The number of hydrogen-bond donors (Lipinski definition) is 0. The highest BCUT2D eigenvalue weighted by molar-refractivity contribution is 7.17. The third kappa shape index (κ3) is 3.08. The highest BCUT2D eigenvalue weighted by Crippen LogP contribution is 2.43. The normalized spacial score (nSPS) is 14.0. The molecule has 4 nitrogen and oxygen atoms in total. The minimum absolute atomic E-state index is 0.500. The second-order valence-corrected chi connectivity index (χ2v) is 6.35. The second-order valence-electron chi connectivity index (χ2n) is 5.35. The van der Waals surface area contributed by atoms with Gasteiger partial charge < -0.3 is 9.64 Å². The lowest BCUT2D eigenvalue weighted by atomic mass is 10.2. The molecule has 1 aliphatic carbocycles. The Morgan fingerprint density at radius 3 is 2.95 bits per heavy atom. The van der Waals surface area contributed by atoms with E-state index in [4.69, 9.17) is 4.74 Å². The number of rotatable bonds is 6. The van der Waals surface area contributed by atoms with E-state index >= 15 is 0 Å². The molecule has 0 unspecified atom stereocenters. The van der Waals surface area contributed by atoms with Gasteiger partial charge in [-0.1, -0.05) is 23.5 Å². The van der Waals surface area contributed by atoms with Gasteiger partial charge in [0.1, 0.15) is 5.75 Å². The van der Waals surface area contributed by atoms with E-state index in [2.05, 4.69) is 16.0 Å². The summed E-state index contributed by atoms with van der Waals surface area (Å²) in [6, 6.07) is 8.00. The number of carbonyl (C=O) groups is 1. The number of aldehydes is 1. The number of ether oxygens (including phenoxy) is 1. The number of anilines is 1. The highest BCUT2D eigenvalue weighted by atomic mass is 32.1. The van der Waals surface area contributed by atoms with Gasteiger partial charge in [0.05, 0.1) is 17.7 Å². The van der Waals surface area contributed by atoms with Gasteiger partial charge in [-0.2, -0.15) is 0 Å². The average Bonchev–Trinajstić information content (AvgIpc) is 3.26. The summed E-state index contributed by atoms with van der Waals surface area (Å²) in [5.41, 5.74) is 2.15. The van der Waals surface area contributed by atoms with Crippen LogP contribution >= 0.6 is 11.3 Å². The molecule has 0 atom stereocenters. The largest absolute Gasteiger partial charge is 0.497 e. The molecule has 1 fully saturated rings. The van der Waals surface area contributed by atoms with Gasteiger partial charge in [-0.15, -0.1) is 0 Å². The van der Waals surface area contributed by atoms with Crippen LogP contribution in [0.4, 0.5) is 5.13 Å². The standard InChI is InChI=1S/C16H18N2O2S/c1-18(9-11-4-3-5-13(8-11)20-2)16-17-15(12-6-7-12)14(10-19)21-16/h3-5,8,10,12H,6-7,9H2,1-2H3. The van der Waals surface area contributed by atoms with Crippen molar-refractivity contribution in [2.45, 2.75) is 25.3 Å². The number of hydrogen-bond acceptors (Lipinski definition) is 5. The molecule has 110 valence electrons. The highest BCUT2D eigenvalue weighted by Gasteiger charge is 2.30. The molecule has 0 N–H and O–H groups in total. The molecular weight excluding hydrogens is 284 g/mol. The Morgan fingerprint density at radius 1 is 1.48 bits per heavy atom. The number of nitrogens with zero attached hydrogens (tertiary/aromatic N) is 2. The molecule has 1 aliphatic rings. The molecule has 0 aliphatic heterocycles. The first-order valence-corrected chi connectivity index (χ1v) is 7.83. The van der Waals surface area contributed by atoms with Crippen LogP contribution in [-0.2, 0) is 6.54 Å². The van der Waals surface area contributed by atoms with E-state index in [1.54, 1.807) is 7.11 Å². The summed E-state index contributed by atoms with van der Waals surface area (Å²) in [6.45, 7) is 0.743. The molecule has 1 saturated carbocycles. The smallest absolute Gasteiger partial charge is 0.186 e. The van der Waals surface area contributed by atoms with Crippen molar-refractivity contribution in [1.82, 2.24) is 4.98 Å². The minimum atomic E-state index is 0.500. The van der Waals surface area contributed by atoms with Crippen molar-refractivity contribution in [3.8, 4) is 5.75 Å². The van der Waals surface area contributed by atoms with Crippen molar-refractivity contribution in [1.29, 1.82) is 0 Å². The molecule has 21 heavy (non-hydrogen) atoms. The third-order valence-corrected chi connectivity index (χ3v) is 4.73. The molecule has 1 heterocycles. The maximum absolute atomic E-state index is 11.2. The van der Waals surface area contributed by atoms with Gasteiger partial charge in [-0.05, 0) is 30.5 Å². The fourth-order valence-electron chi connectivity index (χ4n) is 2.34. The molecule has 5 heteroatoms. The molecule has 0 bridgehead atoms. The van der Waals surface area contributed by atoms with Crippen LogP contribution in [0.1, 0.15) is 39.7 Å². The maximum atomic E-state index is 11.2. The van der Waals surface area contributed by atoms with Crippen LogP contribution in [0.3, 0.4) is 0 Å². The summed E-state index contributed by atoms with van der Waals surface area (Å²) < 4.78 is 5.24. The second kappa shape index (κ2) is 5.85. The molecule has 3 rings (SSSR count). The van der Waals surface area contributed by atoms with Crippen molar-refractivity contribution in [3.05, 3.63) is 40.4 Å². The van der Waals surface area contributed by atoms with Crippen LogP contribution in [-0.4, -0.2) is 25.4 Å². The van der Waals surface area contributed by atoms with Crippen molar-refractivity contribution in [3.63, 3.8) is 0 Å². The molecule has 1 aromatic heterocycles. The predicted octanol–water partition coefficient (Wildman–Crippen LogP) is 3.48. The summed E-state index contributed by atoms with van der Waals surface area (Å²) in [5.74, 6) is 1.35. The first kappa shape index (κ1) is 14.1. The van der Waals surface area contributed by atoms with Crippen molar-refractivity contribution < 1.29 is 9.53 Å². The van der Waals surface area contributed by atoms with Gasteiger partial charge in [0.2, 0.25) is 0 Å². The number of carbonyl (C=O) groups excluding carboxylic acids is 1. The quantitative estimate of drug-likeness (QED) is 0.766. The van der Waals surface area contributed by atoms with Crippen LogP contribution in [0.25, 0.3) is 0 Å². The molecule has 1 aromatic carbocycles. The molecule has 2 aromatic rings. The van der Waals surface area contributed by atoms with Gasteiger partial charge in [0.25, 0.3) is 0 Å². The topological polar surface area (TPSA) is 42.4 Å². The zero-order valence-electron chi connectivity index (χ0n) is 12.2. The SMILES string of the molecule is COc1cccc(CN(C)c2nc(C3CC3)c(C=O)s2)c1. The maximum Gasteiger partial charge on any atom is 0.186 e. The Bertz CT molecular complexity index is 649. The molecule has 0 spiro atoms. The zero-order valence-corrected chi connectivity index (χ0v) is 13.0. The van der Waals surface area contributed by atoms with Gasteiger partial charge in [0.15, 0.2) is 11.4 Å². The first-order chi connectivity index (χ1) is 10.2. The van der Waals surface area contributed by atoms with E-state index in [0.717, 1.165) is 52.7 Å². The van der Waals surface area contributed by atoms with Crippen LogP contribution in [0.2, 0.25) is 0 Å². The Hall–Kier alpha value is -1.88. The monoisotopic (exact) mass is 302 g/mol. The molecular formula is C16H18N2O2S. The van der Waals surface area contributed by atoms with Crippen molar-refractivity contribution in [2.75, 3.05) is 19.1 Å². The van der Waals surface area contributed by atoms with Gasteiger partial charge in [0, 0.05) is 19.5 Å². The van der Waals surface area contributed by atoms with Gasteiger partial charge in [-0.25, -0.2) is 4.98 Å². The third-order valence-electron chi connectivity index (χ3n) is 3.62. The summed E-state index contributed by atoms with van der Waals surface area (Å²) in [4.78, 5) is 18.7. The molecule has 0 radical (unpaired) electrons. The lowest BCUT2D eigenvalue weighted by molar-refractivity contribution is 0.112. The van der Waals surface area contributed by atoms with E-state index in [-0.39, 0.29) is 0 Å². The van der Waals surface area contributed by atoms with E-state index in [1.165, 1.54) is 11.3 Å². The Kier molecular flexibility index (Phi) is 3.92. The molecule has 0 saturated heterocycles. The van der Waals surface area contributed by atoms with E-state index in [9.17, 15) is 4.79 Å². The average molecular weight is 302 g/mol. The number of aromatic nitrogens is 1. The van der Waals surface area contributed by atoms with E-state index in [0.29, 0.717) is 5.92 Å². The Morgan fingerprint density at radius 2 is 2.29 bits per heavy atom. The van der Waals surface area contributed by atoms with Gasteiger partial charge in [-0.3, -0.25) is 4.79 Å². The Balaban J connectivity index is 1.78. The van der Waals surface area contributed by atoms with Crippen molar-refractivity contribution in [2.24, 2.45) is 0 Å². The van der Waals surface area contributed by atoms with Crippen LogP contribution in [0.15, 0.2) is 24.3 Å². The summed E-state index contributed by atoms with van der Waals surface area (Å²) in [7, 11) is 3.67. The lowest BCUT2D eigenvalue weighted by Gasteiger charge is -2.16. The van der Waals surface area contributed by atoms with Gasteiger partial charge >= 0.3 is 0 Å². The number of thiazole rings is 1. The van der Waals surface area contributed by atoms with Crippen LogP contribution in [0, 0.1) is 0 Å². The fourth-order valence-corrected chi connectivity index (χ4v) is 3.27. The van der Waals surface area contributed by atoms with Crippen molar-refractivity contribution >= 4 is 22.8 Å². The summed E-state index contributed by atoms with van der Waals surface area (Å²) in [6.07, 6.45) is 3.25. The zero-order chi connectivity index (χ0) is 14.8. The number of methoxy groups -OCH3 is 1. The minimum Gasteiger partial charge on any atom is -0.497 e. The number of benzene rings is 1. The predicted molar refractivity (Wildman–Crippen MR) is 84.6 cm³/mol. The first-order valence-electron chi connectivity index (χ1n) is 7.01. The molecule has 0 amide bonds. The van der Waals surface area contributed by atoms with E-state index in [1.807, 2.05) is 25.2 Å². The van der Waals surface area contributed by atoms with E-state index < -0.39 is 0 Å².